The second-order valence-electron chi connectivity index (χ2n) is 5.99. The maximum absolute atomic E-state index is 11.9. The van der Waals surface area contributed by atoms with Crippen molar-refractivity contribution in [1.29, 1.82) is 0 Å². The Balaban J connectivity index is 1.54. The van der Waals surface area contributed by atoms with Gasteiger partial charge in [-0.2, -0.15) is 0 Å². The fourth-order valence-electron chi connectivity index (χ4n) is 2.72. The maximum Gasteiger partial charge on any atom is 0.227 e. The third-order valence-corrected chi connectivity index (χ3v) is 4.26. The molecule has 0 aliphatic heterocycles. The molecular weight excluding hydrogens is 274 g/mol. The summed E-state index contributed by atoms with van der Waals surface area (Å²) in [5.74, 6) is 1.68. The van der Waals surface area contributed by atoms with Gasteiger partial charge in [0.1, 0.15) is 5.82 Å². The van der Waals surface area contributed by atoms with Crippen LogP contribution in [0.25, 0.3) is 22.4 Å². The van der Waals surface area contributed by atoms with Crippen LogP contribution in [0.4, 0.5) is 5.69 Å². The molecule has 1 aliphatic carbocycles. The zero-order chi connectivity index (χ0) is 15.1. The van der Waals surface area contributed by atoms with E-state index in [1.165, 1.54) is 0 Å². The van der Waals surface area contributed by atoms with E-state index >= 15 is 0 Å². The Morgan fingerprint density at radius 2 is 1.91 bits per heavy atom. The Bertz CT molecular complexity index is 802. The van der Waals surface area contributed by atoms with Crippen LogP contribution < -0.4 is 5.32 Å². The molecule has 0 radical (unpaired) electrons. The van der Waals surface area contributed by atoms with E-state index < -0.39 is 0 Å². The lowest BCUT2D eigenvalue weighted by Gasteiger charge is -2.05. The number of benzene rings is 2. The number of anilines is 1. The van der Waals surface area contributed by atoms with Gasteiger partial charge >= 0.3 is 0 Å². The quantitative estimate of drug-likeness (QED) is 0.770. The van der Waals surface area contributed by atoms with Gasteiger partial charge in [0.2, 0.25) is 5.91 Å². The van der Waals surface area contributed by atoms with Crippen LogP contribution in [-0.2, 0) is 4.79 Å². The largest absolute Gasteiger partial charge is 0.338 e. The average molecular weight is 291 g/mol. The highest BCUT2D eigenvalue weighted by Gasteiger charge is 2.38. The summed E-state index contributed by atoms with van der Waals surface area (Å²) in [6.07, 6.45) is 1.00. The van der Waals surface area contributed by atoms with E-state index in [-0.39, 0.29) is 11.8 Å². The van der Waals surface area contributed by atoms with Gasteiger partial charge < -0.3 is 10.3 Å². The van der Waals surface area contributed by atoms with Gasteiger partial charge in [-0.3, -0.25) is 4.79 Å². The fraction of sp³-hybridized carbons (Fsp3) is 0.222. The van der Waals surface area contributed by atoms with Crippen molar-refractivity contribution in [1.82, 2.24) is 9.97 Å². The normalized spacial score (nSPS) is 20.0. The van der Waals surface area contributed by atoms with E-state index in [0.717, 1.165) is 34.5 Å². The highest BCUT2D eigenvalue weighted by Crippen LogP contribution is 2.38. The third kappa shape index (κ3) is 2.37. The van der Waals surface area contributed by atoms with Gasteiger partial charge in [-0.05, 0) is 48.7 Å². The third-order valence-electron chi connectivity index (χ3n) is 4.26. The minimum Gasteiger partial charge on any atom is -0.338 e. The Kier molecular flexibility index (Phi) is 2.96. The first-order valence-corrected chi connectivity index (χ1v) is 7.57. The Morgan fingerprint density at radius 1 is 1.18 bits per heavy atom. The Morgan fingerprint density at radius 3 is 2.59 bits per heavy atom. The molecule has 2 aromatic carbocycles. The topological polar surface area (TPSA) is 57.8 Å². The van der Waals surface area contributed by atoms with Gasteiger partial charge in [-0.1, -0.05) is 19.1 Å². The van der Waals surface area contributed by atoms with Gasteiger partial charge in [0.25, 0.3) is 0 Å². The van der Waals surface area contributed by atoms with Crippen LogP contribution in [0.15, 0.2) is 48.5 Å². The molecule has 22 heavy (non-hydrogen) atoms. The molecule has 0 saturated heterocycles. The molecule has 2 atom stereocenters. The molecule has 110 valence electrons. The lowest BCUT2D eigenvalue weighted by Crippen LogP contribution is -2.14. The monoisotopic (exact) mass is 291 g/mol. The van der Waals surface area contributed by atoms with Gasteiger partial charge in [0.15, 0.2) is 0 Å². The summed E-state index contributed by atoms with van der Waals surface area (Å²) < 4.78 is 0. The van der Waals surface area contributed by atoms with Crippen molar-refractivity contribution >= 4 is 22.6 Å². The first-order valence-electron chi connectivity index (χ1n) is 7.57. The first kappa shape index (κ1) is 13.1. The summed E-state index contributed by atoms with van der Waals surface area (Å²) >= 11 is 0. The number of aromatic nitrogens is 2. The number of rotatable bonds is 3. The highest BCUT2D eigenvalue weighted by molar-refractivity contribution is 5.94. The number of carbonyl (C=O) groups excluding carboxylic acids is 1. The minimum atomic E-state index is 0.129. The molecule has 4 rings (SSSR count). The number of amides is 1. The van der Waals surface area contributed by atoms with Crippen molar-refractivity contribution in [2.75, 3.05) is 5.32 Å². The number of fused-ring (bicyclic) bond motifs is 1. The van der Waals surface area contributed by atoms with Crippen molar-refractivity contribution in [3.63, 3.8) is 0 Å². The second-order valence-corrected chi connectivity index (χ2v) is 5.99. The Hall–Kier alpha value is -2.62. The highest BCUT2D eigenvalue weighted by atomic mass is 16.2. The minimum absolute atomic E-state index is 0.129. The molecule has 1 aliphatic rings. The van der Waals surface area contributed by atoms with E-state index in [2.05, 4.69) is 22.2 Å². The SMILES string of the molecule is CC1CC1C(=O)Nc1ccc(-c2nc3ccccc3[nH]2)cc1. The molecule has 3 aromatic rings. The van der Waals surface area contributed by atoms with Gasteiger partial charge in [0.05, 0.1) is 11.0 Å². The van der Waals surface area contributed by atoms with Crippen LogP contribution >= 0.6 is 0 Å². The zero-order valence-corrected chi connectivity index (χ0v) is 12.3. The van der Waals surface area contributed by atoms with Crippen LogP contribution in [0, 0.1) is 11.8 Å². The summed E-state index contributed by atoms with van der Waals surface area (Å²) in [4.78, 5) is 19.8. The summed E-state index contributed by atoms with van der Waals surface area (Å²) in [5.41, 5.74) is 3.83. The van der Waals surface area contributed by atoms with E-state index in [9.17, 15) is 4.79 Å². The molecule has 0 bridgehead atoms. The molecule has 1 saturated carbocycles. The van der Waals surface area contributed by atoms with Crippen molar-refractivity contribution in [3.05, 3.63) is 48.5 Å². The molecule has 1 aromatic heterocycles. The molecule has 0 spiro atoms. The molecule has 4 nitrogen and oxygen atoms in total. The molecular formula is C18H17N3O. The Labute approximate surface area is 128 Å². The molecule has 1 heterocycles. The smallest absolute Gasteiger partial charge is 0.227 e. The van der Waals surface area contributed by atoms with E-state index in [4.69, 9.17) is 0 Å². The molecule has 1 amide bonds. The number of hydrogen-bond donors (Lipinski definition) is 2. The molecule has 2 unspecified atom stereocenters. The predicted molar refractivity (Wildman–Crippen MR) is 87.4 cm³/mol. The van der Waals surface area contributed by atoms with Crippen molar-refractivity contribution in [2.24, 2.45) is 11.8 Å². The molecule has 2 N–H and O–H groups in total. The summed E-state index contributed by atoms with van der Waals surface area (Å²) in [5, 5.41) is 2.97. The van der Waals surface area contributed by atoms with Gasteiger partial charge in [-0.15, -0.1) is 0 Å². The zero-order valence-electron chi connectivity index (χ0n) is 12.3. The number of hydrogen-bond acceptors (Lipinski definition) is 2. The number of aromatic amines is 1. The van der Waals surface area contributed by atoms with E-state index in [1.807, 2.05) is 48.5 Å². The maximum atomic E-state index is 11.9. The van der Waals surface area contributed by atoms with Crippen LogP contribution in [0.3, 0.4) is 0 Å². The van der Waals surface area contributed by atoms with Crippen molar-refractivity contribution in [3.8, 4) is 11.4 Å². The number of nitrogens with one attached hydrogen (secondary N) is 2. The van der Waals surface area contributed by atoms with E-state index in [1.54, 1.807) is 0 Å². The number of H-pyrrole nitrogens is 1. The summed E-state index contributed by atoms with van der Waals surface area (Å²) in [6, 6.07) is 15.8. The van der Waals surface area contributed by atoms with Crippen LogP contribution in [-0.4, -0.2) is 15.9 Å². The van der Waals surface area contributed by atoms with Crippen LogP contribution in [0.1, 0.15) is 13.3 Å². The summed E-state index contributed by atoms with van der Waals surface area (Å²) in [7, 11) is 0. The van der Waals surface area contributed by atoms with E-state index in [0.29, 0.717) is 5.92 Å². The number of carbonyl (C=O) groups is 1. The number of para-hydroxylation sites is 2. The van der Waals surface area contributed by atoms with Gasteiger partial charge in [0, 0.05) is 17.2 Å². The standard InChI is InChI=1S/C18H17N3O/c1-11-10-14(11)18(22)19-13-8-6-12(7-9-13)17-20-15-4-2-3-5-16(15)21-17/h2-9,11,14H,10H2,1H3,(H,19,22)(H,20,21). The fourth-order valence-corrected chi connectivity index (χ4v) is 2.72. The predicted octanol–water partition coefficient (Wildman–Crippen LogP) is 3.82. The molecule has 4 heteroatoms. The van der Waals surface area contributed by atoms with Crippen molar-refractivity contribution in [2.45, 2.75) is 13.3 Å². The summed E-state index contributed by atoms with van der Waals surface area (Å²) in [6.45, 7) is 2.11. The average Bonchev–Trinajstić information content (AvgIpc) is 3.11. The molecule has 1 fully saturated rings. The number of imidazole rings is 1. The van der Waals surface area contributed by atoms with Crippen LogP contribution in [0.2, 0.25) is 0 Å². The lowest BCUT2D eigenvalue weighted by molar-refractivity contribution is -0.117. The first-order chi connectivity index (χ1) is 10.7. The second kappa shape index (κ2) is 4.98. The lowest BCUT2D eigenvalue weighted by atomic mass is 10.2. The van der Waals surface area contributed by atoms with Gasteiger partial charge in [-0.25, -0.2) is 4.98 Å². The van der Waals surface area contributed by atoms with Crippen LogP contribution in [0.5, 0.6) is 0 Å². The van der Waals surface area contributed by atoms with Crippen molar-refractivity contribution < 1.29 is 4.79 Å². The number of nitrogens with zero attached hydrogens (tertiary/aromatic N) is 1.